The first-order chi connectivity index (χ1) is 9.21. The number of nitrogens with one attached hydrogen (secondary N) is 1. The van der Waals surface area contributed by atoms with E-state index in [2.05, 4.69) is 45.0 Å². The van der Waals surface area contributed by atoms with Crippen molar-refractivity contribution < 1.29 is 0 Å². The highest BCUT2D eigenvalue weighted by Gasteiger charge is 2.50. The molecule has 0 aromatic carbocycles. The van der Waals surface area contributed by atoms with E-state index in [9.17, 15) is 0 Å². The van der Waals surface area contributed by atoms with Gasteiger partial charge >= 0.3 is 0 Å². The third-order valence-corrected chi connectivity index (χ3v) is 6.18. The van der Waals surface area contributed by atoms with Gasteiger partial charge in [-0.05, 0) is 96.4 Å². The highest BCUT2D eigenvalue weighted by molar-refractivity contribution is 14.1. The van der Waals surface area contributed by atoms with Gasteiger partial charge in [-0.15, -0.1) is 0 Å². The van der Waals surface area contributed by atoms with Gasteiger partial charge in [0.05, 0.1) is 0 Å². The lowest BCUT2D eigenvalue weighted by Gasteiger charge is -2.57. The van der Waals surface area contributed by atoms with Crippen molar-refractivity contribution in [2.45, 2.75) is 38.5 Å². The van der Waals surface area contributed by atoms with Crippen molar-refractivity contribution in [1.82, 2.24) is 4.98 Å². The molecule has 4 saturated carbocycles. The molecule has 0 spiro atoms. The summed E-state index contributed by atoms with van der Waals surface area (Å²) in [6.07, 6.45) is 10.9. The molecule has 0 amide bonds. The topological polar surface area (TPSA) is 24.9 Å². The largest absolute Gasteiger partial charge is 0.370 e. The smallest absolute Gasteiger partial charge is 0.125 e. The summed E-state index contributed by atoms with van der Waals surface area (Å²) in [5, 5.41) is 3.61. The molecule has 19 heavy (non-hydrogen) atoms. The van der Waals surface area contributed by atoms with Gasteiger partial charge in [0.2, 0.25) is 0 Å². The molecule has 1 aromatic heterocycles. The fourth-order valence-electron chi connectivity index (χ4n) is 5.26. The van der Waals surface area contributed by atoms with Crippen LogP contribution in [0.25, 0.3) is 0 Å². The van der Waals surface area contributed by atoms with Crippen molar-refractivity contribution in [1.29, 1.82) is 0 Å². The van der Waals surface area contributed by atoms with Gasteiger partial charge < -0.3 is 5.32 Å². The third kappa shape index (κ3) is 2.39. The van der Waals surface area contributed by atoms with Crippen molar-refractivity contribution in [2.75, 3.05) is 11.9 Å². The zero-order valence-electron chi connectivity index (χ0n) is 11.2. The second-order valence-corrected chi connectivity index (χ2v) is 8.38. The van der Waals surface area contributed by atoms with Crippen molar-refractivity contribution in [2.24, 2.45) is 23.2 Å². The Morgan fingerprint density at radius 2 is 1.74 bits per heavy atom. The molecule has 4 aliphatic rings. The Morgan fingerprint density at radius 1 is 1.11 bits per heavy atom. The van der Waals surface area contributed by atoms with Gasteiger partial charge in [-0.3, -0.25) is 0 Å². The van der Waals surface area contributed by atoms with Crippen molar-refractivity contribution >= 4 is 28.4 Å². The van der Waals surface area contributed by atoms with E-state index < -0.39 is 0 Å². The summed E-state index contributed by atoms with van der Waals surface area (Å²) in [5.74, 6) is 4.17. The number of nitrogens with zero attached hydrogens (tertiary/aromatic N) is 1. The lowest BCUT2D eigenvalue weighted by Crippen LogP contribution is -2.49. The number of rotatable bonds is 3. The second-order valence-electron chi connectivity index (χ2n) is 7.13. The SMILES string of the molecule is Ic1ccc(NCC23CC4CC(CC(C4)C2)C3)nc1. The fourth-order valence-corrected chi connectivity index (χ4v) is 5.58. The van der Waals surface area contributed by atoms with Crippen LogP contribution in [-0.4, -0.2) is 11.5 Å². The molecule has 0 saturated heterocycles. The predicted octanol–water partition coefficient (Wildman–Crippen LogP) is 4.31. The normalized spacial score (nSPS) is 39.5. The van der Waals surface area contributed by atoms with E-state index in [-0.39, 0.29) is 0 Å². The molecular formula is C16H21IN2. The quantitative estimate of drug-likeness (QED) is 0.804. The molecule has 4 bridgehead atoms. The molecule has 3 heteroatoms. The molecule has 2 nitrogen and oxygen atoms in total. The van der Waals surface area contributed by atoms with E-state index in [4.69, 9.17) is 0 Å². The Bertz CT molecular complexity index is 433. The number of pyridine rings is 1. The minimum absolute atomic E-state index is 0.597. The highest BCUT2D eigenvalue weighted by atomic mass is 127. The predicted molar refractivity (Wildman–Crippen MR) is 86.0 cm³/mol. The Balaban J connectivity index is 1.46. The Kier molecular flexibility index (Phi) is 3.01. The zero-order valence-corrected chi connectivity index (χ0v) is 13.4. The summed E-state index contributed by atoms with van der Waals surface area (Å²) in [7, 11) is 0. The fraction of sp³-hybridized carbons (Fsp3) is 0.688. The van der Waals surface area contributed by atoms with Gasteiger partial charge in [-0.1, -0.05) is 0 Å². The Labute approximate surface area is 128 Å². The van der Waals surface area contributed by atoms with Gasteiger partial charge in [0.15, 0.2) is 0 Å². The number of halogens is 1. The van der Waals surface area contributed by atoms with Crippen LogP contribution >= 0.6 is 22.6 Å². The molecule has 0 radical (unpaired) electrons. The van der Waals surface area contributed by atoms with Crippen LogP contribution in [0.15, 0.2) is 18.3 Å². The van der Waals surface area contributed by atoms with Crippen molar-refractivity contribution in [3.63, 3.8) is 0 Å². The van der Waals surface area contributed by atoms with Gasteiger partial charge in [0, 0.05) is 16.3 Å². The second kappa shape index (κ2) is 4.61. The molecule has 102 valence electrons. The van der Waals surface area contributed by atoms with Gasteiger partial charge in [-0.2, -0.15) is 0 Å². The zero-order chi connectivity index (χ0) is 12.9. The molecule has 0 atom stereocenters. The molecule has 4 aliphatic carbocycles. The van der Waals surface area contributed by atoms with Crippen molar-refractivity contribution in [3.05, 3.63) is 21.9 Å². The maximum atomic E-state index is 4.48. The maximum Gasteiger partial charge on any atom is 0.125 e. The van der Waals surface area contributed by atoms with Crippen molar-refractivity contribution in [3.8, 4) is 0 Å². The monoisotopic (exact) mass is 368 g/mol. The Morgan fingerprint density at radius 3 is 2.26 bits per heavy atom. The van der Waals surface area contributed by atoms with Crippen LogP contribution in [0.5, 0.6) is 0 Å². The summed E-state index contributed by atoms with van der Waals surface area (Å²) in [6, 6.07) is 4.25. The Hall–Kier alpha value is -0.320. The minimum Gasteiger partial charge on any atom is -0.370 e. The van der Waals surface area contributed by atoms with Crippen LogP contribution in [0.4, 0.5) is 5.82 Å². The van der Waals surface area contributed by atoms with E-state index in [1.165, 1.54) is 42.1 Å². The average molecular weight is 368 g/mol. The molecule has 0 aliphatic heterocycles. The number of hydrogen-bond acceptors (Lipinski definition) is 2. The first kappa shape index (κ1) is 12.4. The first-order valence-electron chi connectivity index (χ1n) is 7.56. The summed E-state index contributed by atoms with van der Waals surface area (Å²) in [5.41, 5.74) is 0.597. The molecule has 0 unspecified atom stereocenters. The summed E-state index contributed by atoms with van der Waals surface area (Å²) < 4.78 is 1.21. The molecule has 1 heterocycles. The van der Waals surface area contributed by atoms with E-state index in [1.807, 2.05) is 6.20 Å². The third-order valence-electron chi connectivity index (χ3n) is 5.54. The van der Waals surface area contributed by atoms with Crippen LogP contribution in [0.2, 0.25) is 0 Å². The van der Waals surface area contributed by atoms with Crippen LogP contribution < -0.4 is 5.32 Å². The van der Waals surface area contributed by atoms with Crippen LogP contribution in [0.3, 0.4) is 0 Å². The number of aromatic nitrogens is 1. The van der Waals surface area contributed by atoms with Gasteiger partial charge in [0.25, 0.3) is 0 Å². The molecule has 4 fully saturated rings. The minimum atomic E-state index is 0.597. The summed E-state index contributed by atoms with van der Waals surface area (Å²) in [4.78, 5) is 4.48. The van der Waals surface area contributed by atoms with Crippen LogP contribution in [-0.2, 0) is 0 Å². The maximum absolute atomic E-state index is 4.48. The molecule has 5 rings (SSSR count). The van der Waals surface area contributed by atoms with Crippen LogP contribution in [0.1, 0.15) is 38.5 Å². The van der Waals surface area contributed by atoms with Crippen LogP contribution in [0, 0.1) is 26.7 Å². The number of anilines is 1. The molecular weight excluding hydrogens is 347 g/mol. The lowest BCUT2D eigenvalue weighted by molar-refractivity contribution is -0.0444. The van der Waals surface area contributed by atoms with E-state index in [0.717, 1.165) is 30.1 Å². The van der Waals surface area contributed by atoms with E-state index in [0.29, 0.717) is 5.41 Å². The van der Waals surface area contributed by atoms with Gasteiger partial charge in [0.1, 0.15) is 5.82 Å². The van der Waals surface area contributed by atoms with Gasteiger partial charge in [-0.25, -0.2) is 4.98 Å². The van der Waals surface area contributed by atoms with E-state index in [1.54, 1.807) is 0 Å². The highest BCUT2D eigenvalue weighted by Crippen LogP contribution is 2.59. The summed E-state index contributed by atoms with van der Waals surface area (Å²) in [6.45, 7) is 1.14. The van der Waals surface area contributed by atoms with E-state index >= 15 is 0 Å². The lowest BCUT2D eigenvalue weighted by atomic mass is 9.49. The molecule has 1 aromatic rings. The average Bonchev–Trinajstić information content (AvgIpc) is 2.36. The first-order valence-corrected chi connectivity index (χ1v) is 8.64. The number of hydrogen-bond donors (Lipinski definition) is 1. The standard InChI is InChI=1S/C16H21IN2/c17-14-1-2-15(18-9-14)19-10-16-6-11-3-12(7-16)5-13(4-11)8-16/h1-2,9,11-13H,3-8,10H2,(H,18,19). The molecule has 1 N–H and O–H groups in total. The summed E-state index contributed by atoms with van der Waals surface area (Å²) >= 11 is 2.31.